The summed E-state index contributed by atoms with van der Waals surface area (Å²) in [7, 11) is -5.19. The number of nitrogens with zero attached hydrogens (tertiary/aromatic N) is 1. The van der Waals surface area contributed by atoms with Crippen LogP contribution in [0.4, 0.5) is 9.59 Å². The number of carbonyl (C=O) groups is 5. The Labute approximate surface area is 233 Å². The van der Waals surface area contributed by atoms with E-state index in [-0.39, 0.29) is 31.3 Å². The third kappa shape index (κ3) is 10.2. The maximum Gasteiger partial charge on any atom is 0.410 e. The van der Waals surface area contributed by atoms with Gasteiger partial charge in [-0.3, -0.25) is 18.9 Å². The second kappa shape index (κ2) is 13.6. The summed E-state index contributed by atoms with van der Waals surface area (Å²) in [5.74, 6) is -3.67. The van der Waals surface area contributed by atoms with Crippen LogP contribution in [0.3, 0.4) is 0 Å². The Kier molecular flexibility index (Phi) is 11.3. The highest BCUT2D eigenvalue weighted by Gasteiger charge is 2.40. The van der Waals surface area contributed by atoms with Gasteiger partial charge in [-0.1, -0.05) is 13.8 Å². The van der Waals surface area contributed by atoms with Gasteiger partial charge in [-0.15, -0.1) is 0 Å². The largest absolute Gasteiger partial charge is 0.449 e. The van der Waals surface area contributed by atoms with Crippen molar-refractivity contribution in [1.29, 1.82) is 0 Å². The summed E-state index contributed by atoms with van der Waals surface area (Å²) in [6.45, 7) is 9.75. The fourth-order valence-electron chi connectivity index (χ4n) is 4.22. The molecule has 228 valence electrons. The molecule has 16 heteroatoms. The fraction of sp³-hybridized carbons (Fsp3) is 0.792. The Bertz CT molecular complexity index is 1070. The van der Waals surface area contributed by atoms with Gasteiger partial charge in [-0.05, 0) is 46.0 Å². The summed E-state index contributed by atoms with van der Waals surface area (Å²) in [6.07, 6.45) is -1.29. The predicted molar refractivity (Wildman–Crippen MR) is 139 cm³/mol. The van der Waals surface area contributed by atoms with Crippen LogP contribution in [0.15, 0.2) is 0 Å². The molecule has 0 aliphatic carbocycles. The molecule has 0 radical (unpaired) electrons. The Morgan fingerprint density at radius 1 is 1.12 bits per heavy atom. The Morgan fingerprint density at radius 3 is 2.25 bits per heavy atom. The molecule has 40 heavy (non-hydrogen) atoms. The van der Waals surface area contributed by atoms with Gasteiger partial charge in [0.1, 0.15) is 11.6 Å². The highest BCUT2D eigenvalue weighted by molar-refractivity contribution is 7.87. The van der Waals surface area contributed by atoms with E-state index in [9.17, 15) is 37.5 Å². The first kappa shape index (κ1) is 33.2. The standard InChI is InChI=1S/C24H40N4O11S/c1-13(2)8-17(27-22(33)38-12-14-10-28(11-14)23(34)39-24(3,4)5)20(31)26-16(9-15-6-7-25-19(15)30)18(29)21(32)40(35,36)37/h13-17,21,32H,6-12H2,1-5H3,(H,25,30)(H,26,31)(H,27,33)(H,35,36,37)/t15-,16+,17+,21?/m1/s1. The number of aliphatic hydroxyl groups is 1. The topological polar surface area (TPSA) is 218 Å². The molecule has 0 aromatic carbocycles. The van der Waals surface area contributed by atoms with Crippen molar-refractivity contribution in [3.63, 3.8) is 0 Å². The lowest BCUT2D eigenvalue weighted by Crippen LogP contribution is -2.55. The number of amides is 4. The predicted octanol–water partition coefficient (Wildman–Crippen LogP) is -0.219. The molecule has 2 rings (SSSR count). The van der Waals surface area contributed by atoms with Gasteiger partial charge in [0.2, 0.25) is 23.0 Å². The first-order chi connectivity index (χ1) is 18.4. The van der Waals surface area contributed by atoms with E-state index in [2.05, 4.69) is 16.0 Å². The molecule has 0 bridgehead atoms. The smallest absolute Gasteiger partial charge is 0.410 e. The number of likely N-dealkylation sites (tertiary alicyclic amines) is 1. The molecule has 2 heterocycles. The van der Waals surface area contributed by atoms with E-state index in [4.69, 9.17) is 14.0 Å². The van der Waals surface area contributed by atoms with E-state index in [1.165, 1.54) is 4.90 Å². The van der Waals surface area contributed by atoms with Gasteiger partial charge in [0, 0.05) is 31.5 Å². The minimum absolute atomic E-state index is 0.0282. The summed E-state index contributed by atoms with van der Waals surface area (Å²) >= 11 is 0. The molecule has 15 nitrogen and oxygen atoms in total. The lowest BCUT2D eigenvalue weighted by molar-refractivity contribution is -0.132. The van der Waals surface area contributed by atoms with Gasteiger partial charge in [0.25, 0.3) is 10.1 Å². The molecule has 2 saturated heterocycles. The molecule has 0 aromatic heterocycles. The van der Waals surface area contributed by atoms with Crippen molar-refractivity contribution in [2.75, 3.05) is 26.2 Å². The molecule has 0 aromatic rings. The van der Waals surface area contributed by atoms with Gasteiger partial charge < -0.3 is 35.4 Å². The zero-order valence-electron chi connectivity index (χ0n) is 23.3. The quantitative estimate of drug-likeness (QED) is 0.187. The van der Waals surface area contributed by atoms with Crippen molar-refractivity contribution in [2.24, 2.45) is 17.8 Å². The molecule has 2 aliphatic rings. The number of carbonyl (C=O) groups excluding carboxylic acids is 5. The summed E-state index contributed by atoms with van der Waals surface area (Å²) in [6, 6.07) is -2.85. The third-order valence-corrected chi connectivity index (χ3v) is 7.04. The third-order valence-electron chi connectivity index (χ3n) is 6.24. The van der Waals surface area contributed by atoms with E-state index >= 15 is 0 Å². The number of rotatable bonds is 12. The van der Waals surface area contributed by atoms with Crippen LogP contribution in [0.1, 0.15) is 53.9 Å². The van der Waals surface area contributed by atoms with E-state index in [0.717, 1.165) is 0 Å². The molecular formula is C24H40N4O11S. The van der Waals surface area contributed by atoms with Gasteiger partial charge in [-0.2, -0.15) is 8.42 Å². The van der Waals surface area contributed by atoms with Crippen LogP contribution < -0.4 is 16.0 Å². The van der Waals surface area contributed by atoms with E-state index < -0.39 is 68.9 Å². The van der Waals surface area contributed by atoms with E-state index in [1.807, 2.05) is 0 Å². The normalized spacial score (nSPS) is 20.1. The second-order valence-electron chi connectivity index (χ2n) is 11.5. The maximum atomic E-state index is 13.1. The summed E-state index contributed by atoms with van der Waals surface area (Å²) < 4.78 is 42.3. The van der Waals surface area contributed by atoms with E-state index in [1.54, 1.807) is 34.6 Å². The van der Waals surface area contributed by atoms with Crippen molar-refractivity contribution in [3.05, 3.63) is 0 Å². The minimum atomic E-state index is -5.19. The van der Waals surface area contributed by atoms with Crippen molar-refractivity contribution in [2.45, 2.75) is 77.0 Å². The molecule has 5 N–H and O–H groups in total. The number of nitrogens with one attached hydrogen (secondary N) is 3. The number of ether oxygens (including phenoxy) is 2. The number of Topliss-reactive ketones (excluding diaryl/α,β-unsaturated/α-hetero) is 1. The van der Waals surface area contributed by atoms with Gasteiger partial charge in [-0.25, -0.2) is 9.59 Å². The van der Waals surface area contributed by atoms with Gasteiger partial charge in [0.05, 0.1) is 12.6 Å². The van der Waals surface area contributed by atoms with Crippen LogP contribution in [0.5, 0.6) is 0 Å². The molecule has 2 fully saturated rings. The number of hydrogen-bond acceptors (Lipinski definition) is 10. The number of aliphatic hydroxyl groups excluding tert-OH is 1. The van der Waals surface area contributed by atoms with E-state index in [0.29, 0.717) is 26.1 Å². The van der Waals surface area contributed by atoms with Crippen molar-refractivity contribution >= 4 is 39.9 Å². The van der Waals surface area contributed by atoms with Crippen molar-refractivity contribution in [3.8, 4) is 0 Å². The average Bonchev–Trinajstić information content (AvgIpc) is 3.18. The second-order valence-corrected chi connectivity index (χ2v) is 13.0. The van der Waals surface area contributed by atoms with Gasteiger partial charge >= 0.3 is 12.2 Å². The molecular weight excluding hydrogens is 552 g/mol. The number of alkyl carbamates (subject to hydrolysis) is 1. The molecule has 4 amide bonds. The molecule has 0 saturated carbocycles. The summed E-state index contributed by atoms with van der Waals surface area (Å²) in [5.41, 5.74) is -3.46. The minimum Gasteiger partial charge on any atom is -0.449 e. The van der Waals surface area contributed by atoms with Crippen molar-refractivity contribution in [1.82, 2.24) is 20.9 Å². The van der Waals surface area contributed by atoms with Crippen LogP contribution in [0.2, 0.25) is 0 Å². The van der Waals surface area contributed by atoms with Crippen LogP contribution >= 0.6 is 0 Å². The molecule has 4 atom stereocenters. The highest BCUT2D eigenvalue weighted by Crippen LogP contribution is 2.21. The number of hydrogen-bond donors (Lipinski definition) is 5. The fourth-order valence-corrected chi connectivity index (χ4v) is 4.68. The molecule has 2 aliphatic heterocycles. The summed E-state index contributed by atoms with van der Waals surface area (Å²) in [4.78, 5) is 63.8. The summed E-state index contributed by atoms with van der Waals surface area (Å²) in [5, 5.41) is 17.1. The van der Waals surface area contributed by atoms with Crippen LogP contribution in [0.25, 0.3) is 0 Å². The first-order valence-corrected chi connectivity index (χ1v) is 14.5. The Morgan fingerprint density at radius 2 is 1.75 bits per heavy atom. The lowest BCUT2D eigenvalue weighted by Gasteiger charge is -2.39. The average molecular weight is 593 g/mol. The zero-order chi connectivity index (χ0) is 30.4. The highest BCUT2D eigenvalue weighted by atomic mass is 32.2. The Hall–Kier alpha value is -2.98. The zero-order valence-corrected chi connectivity index (χ0v) is 24.2. The van der Waals surface area contributed by atoms with Gasteiger partial charge in [0.15, 0.2) is 0 Å². The van der Waals surface area contributed by atoms with Crippen LogP contribution in [-0.4, -0.2) is 102 Å². The maximum absolute atomic E-state index is 13.1. The van der Waals surface area contributed by atoms with Crippen LogP contribution in [-0.2, 0) is 34.0 Å². The molecule has 1 unspecified atom stereocenters. The monoisotopic (exact) mass is 592 g/mol. The lowest BCUT2D eigenvalue weighted by atomic mass is 9.95. The van der Waals surface area contributed by atoms with Crippen LogP contribution in [0, 0.1) is 17.8 Å². The number of ketones is 1. The SMILES string of the molecule is CC(C)C[C@H](NC(=O)OCC1CN(C(=O)OC(C)(C)C)C1)C(=O)N[C@@H](C[C@H]1CCNC1=O)C(=O)C(O)S(=O)(=O)O. The van der Waals surface area contributed by atoms with Crippen molar-refractivity contribution < 1.29 is 51.5 Å². The molecule has 0 spiro atoms. The Balaban J connectivity index is 2.00. The first-order valence-electron chi connectivity index (χ1n) is 13.0.